The molecular weight excluding hydrogens is 306 g/mol. The van der Waals surface area contributed by atoms with E-state index in [0.717, 1.165) is 31.1 Å². The van der Waals surface area contributed by atoms with Crippen LogP contribution >= 0.6 is 0 Å². The molecule has 134 valence electrons. The normalized spacial score (nSPS) is 15.8. The lowest BCUT2D eigenvalue weighted by atomic mass is 10.3. The lowest BCUT2D eigenvalue weighted by Gasteiger charge is -2.24. The van der Waals surface area contributed by atoms with Gasteiger partial charge in [-0.05, 0) is 45.0 Å². The summed E-state index contributed by atoms with van der Waals surface area (Å²) < 4.78 is 10.8. The Labute approximate surface area is 144 Å². The summed E-state index contributed by atoms with van der Waals surface area (Å²) in [4.78, 5) is 16.2. The van der Waals surface area contributed by atoms with Crippen molar-refractivity contribution in [2.75, 3.05) is 46.9 Å². The molecule has 2 rings (SSSR count). The number of methoxy groups -OCH3 is 1. The highest BCUT2D eigenvalue weighted by molar-refractivity contribution is 5.74. The average Bonchev–Trinajstić information content (AvgIpc) is 3.07. The summed E-state index contributed by atoms with van der Waals surface area (Å²) in [5.74, 6) is 1.50. The Morgan fingerprint density at radius 3 is 2.75 bits per heavy atom. The number of ether oxygens (including phenoxy) is 2. The molecule has 0 aromatic heterocycles. The number of benzene rings is 1. The number of carbonyl (C=O) groups is 1. The van der Waals surface area contributed by atoms with Crippen LogP contribution in [-0.2, 0) is 0 Å². The zero-order valence-electron chi connectivity index (χ0n) is 15.0. The van der Waals surface area contributed by atoms with Gasteiger partial charge in [-0.3, -0.25) is 0 Å². The van der Waals surface area contributed by atoms with Crippen molar-refractivity contribution in [1.82, 2.24) is 15.1 Å². The largest absolute Gasteiger partial charge is 0.497 e. The van der Waals surface area contributed by atoms with E-state index in [1.807, 2.05) is 24.3 Å². The van der Waals surface area contributed by atoms with Crippen LogP contribution in [0.4, 0.5) is 4.79 Å². The predicted molar refractivity (Wildman–Crippen MR) is 94.8 cm³/mol. The molecular formula is C18H29N3O3. The molecule has 1 heterocycles. The van der Waals surface area contributed by atoms with Crippen LogP contribution in [0.15, 0.2) is 24.3 Å². The van der Waals surface area contributed by atoms with E-state index in [1.54, 1.807) is 19.1 Å². The van der Waals surface area contributed by atoms with Gasteiger partial charge < -0.3 is 24.6 Å². The minimum absolute atomic E-state index is 0.0593. The molecule has 0 unspecified atom stereocenters. The third-order valence-electron chi connectivity index (χ3n) is 4.18. The number of rotatable bonds is 8. The second-order valence-electron chi connectivity index (χ2n) is 6.31. The standard InChI is InChI=1S/C18H29N3O3/c1-15(14-21-9-4-5-10-21)19-18(22)20(2)11-12-24-17-8-6-7-16(13-17)23-3/h6-8,13,15H,4-5,9-12,14H2,1-3H3,(H,19,22)/t15-/m0/s1. The molecule has 0 aliphatic carbocycles. The zero-order chi connectivity index (χ0) is 17.4. The zero-order valence-corrected chi connectivity index (χ0v) is 15.0. The van der Waals surface area contributed by atoms with Crippen LogP contribution in [0.25, 0.3) is 0 Å². The van der Waals surface area contributed by atoms with Crippen LogP contribution in [0, 0.1) is 0 Å². The maximum atomic E-state index is 12.2. The SMILES string of the molecule is COc1cccc(OCCN(C)C(=O)N[C@@H](C)CN2CCCC2)c1. The molecule has 0 saturated carbocycles. The summed E-state index contributed by atoms with van der Waals surface area (Å²) in [6, 6.07) is 7.55. The van der Waals surface area contributed by atoms with Crippen LogP contribution < -0.4 is 14.8 Å². The molecule has 1 atom stereocenters. The lowest BCUT2D eigenvalue weighted by Crippen LogP contribution is -2.47. The molecule has 1 aliphatic heterocycles. The molecule has 6 heteroatoms. The Balaban J connectivity index is 1.67. The van der Waals surface area contributed by atoms with Crippen molar-refractivity contribution in [3.05, 3.63) is 24.3 Å². The average molecular weight is 335 g/mol. The van der Waals surface area contributed by atoms with Gasteiger partial charge in [0.2, 0.25) is 0 Å². The molecule has 1 fully saturated rings. The monoisotopic (exact) mass is 335 g/mol. The summed E-state index contributed by atoms with van der Waals surface area (Å²) in [6.45, 7) is 6.22. The van der Waals surface area contributed by atoms with Gasteiger partial charge in [-0.1, -0.05) is 6.07 Å². The van der Waals surface area contributed by atoms with Crippen LogP contribution in [0.5, 0.6) is 11.5 Å². The van der Waals surface area contributed by atoms with Gasteiger partial charge >= 0.3 is 6.03 Å². The number of nitrogens with one attached hydrogen (secondary N) is 1. The lowest BCUT2D eigenvalue weighted by molar-refractivity contribution is 0.188. The summed E-state index contributed by atoms with van der Waals surface area (Å²) >= 11 is 0. The third-order valence-corrected chi connectivity index (χ3v) is 4.18. The van der Waals surface area contributed by atoms with Gasteiger partial charge in [0.05, 0.1) is 13.7 Å². The highest BCUT2D eigenvalue weighted by Gasteiger charge is 2.17. The first kappa shape index (κ1) is 18.4. The van der Waals surface area contributed by atoms with Gasteiger partial charge in [-0.25, -0.2) is 4.79 Å². The molecule has 1 aromatic rings. The van der Waals surface area contributed by atoms with Crippen molar-refractivity contribution in [1.29, 1.82) is 0 Å². The molecule has 1 aliphatic rings. The van der Waals surface area contributed by atoms with E-state index < -0.39 is 0 Å². The van der Waals surface area contributed by atoms with E-state index in [1.165, 1.54) is 12.8 Å². The first-order valence-corrected chi connectivity index (χ1v) is 8.59. The number of amides is 2. The summed E-state index contributed by atoms with van der Waals surface area (Å²) in [7, 11) is 3.41. The third kappa shape index (κ3) is 5.92. The topological polar surface area (TPSA) is 54.0 Å². The second kappa shape index (κ2) is 9.37. The minimum Gasteiger partial charge on any atom is -0.497 e. The quantitative estimate of drug-likeness (QED) is 0.791. The second-order valence-corrected chi connectivity index (χ2v) is 6.31. The predicted octanol–water partition coefficient (Wildman–Crippen LogP) is 2.20. The van der Waals surface area contributed by atoms with E-state index in [2.05, 4.69) is 17.1 Å². The van der Waals surface area contributed by atoms with Gasteiger partial charge in [-0.2, -0.15) is 0 Å². The van der Waals surface area contributed by atoms with Crippen molar-refractivity contribution in [2.45, 2.75) is 25.8 Å². The molecule has 0 radical (unpaired) electrons. The van der Waals surface area contributed by atoms with Crippen LogP contribution in [0.1, 0.15) is 19.8 Å². The van der Waals surface area contributed by atoms with Crippen LogP contribution in [-0.4, -0.2) is 68.8 Å². The molecule has 1 saturated heterocycles. The van der Waals surface area contributed by atoms with E-state index in [9.17, 15) is 4.79 Å². The molecule has 24 heavy (non-hydrogen) atoms. The van der Waals surface area contributed by atoms with Crippen molar-refractivity contribution >= 4 is 6.03 Å². The maximum Gasteiger partial charge on any atom is 0.317 e. The van der Waals surface area contributed by atoms with E-state index in [-0.39, 0.29) is 12.1 Å². The minimum atomic E-state index is -0.0593. The van der Waals surface area contributed by atoms with Crippen LogP contribution in [0.3, 0.4) is 0 Å². The fraction of sp³-hybridized carbons (Fsp3) is 0.611. The maximum absolute atomic E-state index is 12.2. The van der Waals surface area contributed by atoms with Crippen molar-refractivity contribution in [3.8, 4) is 11.5 Å². The first-order valence-electron chi connectivity index (χ1n) is 8.59. The van der Waals surface area contributed by atoms with Gasteiger partial charge in [-0.15, -0.1) is 0 Å². The van der Waals surface area contributed by atoms with Gasteiger partial charge in [0.1, 0.15) is 18.1 Å². The Kier molecular flexibility index (Phi) is 7.18. The molecule has 0 spiro atoms. The molecule has 2 amide bonds. The van der Waals surface area contributed by atoms with Crippen molar-refractivity contribution in [3.63, 3.8) is 0 Å². The van der Waals surface area contributed by atoms with Gasteiger partial charge in [0, 0.05) is 25.7 Å². The molecule has 1 N–H and O–H groups in total. The fourth-order valence-corrected chi connectivity index (χ4v) is 2.81. The number of hydrogen-bond acceptors (Lipinski definition) is 4. The first-order chi connectivity index (χ1) is 11.6. The summed E-state index contributed by atoms with van der Waals surface area (Å²) in [5, 5.41) is 3.04. The Morgan fingerprint density at radius 2 is 2.04 bits per heavy atom. The molecule has 6 nitrogen and oxygen atoms in total. The fourth-order valence-electron chi connectivity index (χ4n) is 2.81. The summed E-state index contributed by atoms with van der Waals surface area (Å²) in [5.41, 5.74) is 0. The number of hydrogen-bond donors (Lipinski definition) is 1. The van der Waals surface area contributed by atoms with Gasteiger partial charge in [0.15, 0.2) is 0 Å². The Bertz CT molecular complexity index is 518. The number of urea groups is 1. The Morgan fingerprint density at radius 1 is 1.33 bits per heavy atom. The highest BCUT2D eigenvalue weighted by atomic mass is 16.5. The van der Waals surface area contributed by atoms with E-state index in [0.29, 0.717) is 13.2 Å². The van der Waals surface area contributed by atoms with E-state index >= 15 is 0 Å². The van der Waals surface area contributed by atoms with Crippen molar-refractivity contribution in [2.24, 2.45) is 0 Å². The van der Waals surface area contributed by atoms with Crippen LogP contribution in [0.2, 0.25) is 0 Å². The van der Waals surface area contributed by atoms with Gasteiger partial charge in [0.25, 0.3) is 0 Å². The number of likely N-dealkylation sites (tertiary alicyclic amines) is 1. The number of carbonyl (C=O) groups excluding carboxylic acids is 1. The smallest absolute Gasteiger partial charge is 0.317 e. The van der Waals surface area contributed by atoms with E-state index in [4.69, 9.17) is 9.47 Å². The van der Waals surface area contributed by atoms with Crippen molar-refractivity contribution < 1.29 is 14.3 Å². The summed E-state index contributed by atoms with van der Waals surface area (Å²) in [6.07, 6.45) is 2.53. The highest BCUT2D eigenvalue weighted by Crippen LogP contribution is 2.18. The number of nitrogens with zero attached hydrogens (tertiary/aromatic N) is 2. The Hall–Kier alpha value is -1.95. The number of likely N-dealkylation sites (N-methyl/N-ethyl adjacent to an activating group) is 1. The molecule has 0 bridgehead atoms. The molecule has 1 aromatic carbocycles.